The Bertz CT molecular complexity index is 1590. The van der Waals surface area contributed by atoms with Gasteiger partial charge in [-0.1, -0.05) is 60.1 Å². The third-order valence-corrected chi connectivity index (χ3v) is 8.04. The Morgan fingerprint density at radius 1 is 1.17 bits per heavy atom. The summed E-state index contributed by atoms with van der Waals surface area (Å²) in [6.07, 6.45) is -0.671. The average Bonchev–Trinajstić information content (AvgIpc) is 3.15. The number of carbonyl (C=O) groups excluding carboxylic acids is 2. The van der Waals surface area contributed by atoms with Gasteiger partial charge in [-0.2, -0.15) is 18.2 Å². The van der Waals surface area contributed by atoms with Crippen LogP contribution in [0.3, 0.4) is 0 Å². The fourth-order valence-electron chi connectivity index (χ4n) is 5.66. The summed E-state index contributed by atoms with van der Waals surface area (Å²) in [5, 5.41) is 11.8. The lowest BCUT2D eigenvalue weighted by Gasteiger charge is -2.43. The zero-order chi connectivity index (χ0) is 29.7. The second-order valence-electron chi connectivity index (χ2n) is 9.57. The van der Waals surface area contributed by atoms with Crippen LogP contribution < -0.4 is 10.2 Å². The van der Waals surface area contributed by atoms with Crippen molar-refractivity contribution in [3.63, 3.8) is 0 Å². The number of halogens is 5. The molecule has 1 aromatic heterocycles. The van der Waals surface area contributed by atoms with E-state index in [0.717, 1.165) is 5.01 Å². The van der Waals surface area contributed by atoms with Crippen molar-refractivity contribution >= 4 is 40.8 Å². The van der Waals surface area contributed by atoms with Crippen LogP contribution in [0, 0.1) is 5.92 Å². The zero-order valence-corrected chi connectivity index (χ0v) is 22.9. The topological polar surface area (TPSA) is 91.8 Å². The maximum atomic E-state index is 14.6. The molecule has 2 N–H and O–H groups in total. The molecule has 0 spiro atoms. The quantitative estimate of drug-likeness (QED) is 0.306. The van der Waals surface area contributed by atoms with Crippen molar-refractivity contribution in [3.8, 4) is 11.5 Å². The number of carbonyl (C=O) groups is 2. The highest BCUT2D eigenvalue weighted by molar-refractivity contribution is 6.33. The van der Waals surface area contributed by atoms with Gasteiger partial charge in [0.2, 0.25) is 0 Å². The van der Waals surface area contributed by atoms with E-state index in [0.29, 0.717) is 39.7 Å². The molecular formula is C29H22Cl2F3N3O4. The van der Waals surface area contributed by atoms with Crippen molar-refractivity contribution in [1.82, 2.24) is 9.99 Å². The molecule has 0 unspecified atom stereocenters. The van der Waals surface area contributed by atoms with E-state index in [1.54, 1.807) is 48.6 Å². The summed E-state index contributed by atoms with van der Waals surface area (Å²) in [7, 11) is 1.44. The number of hydrogen-bond donors (Lipinski definition) is 2. The van der Waals surface area contributed by atoms with Crippen molar-refractivity contribution < 1.29 is 32.6 Å². The van der Waals surface area contributed by atoms with Gasteiger partial charge in [-0.3, -0.25) is 15.0 Å². The number of ether oxygens (including phenoxy) is 1. The predicted molar refractivity (Wildman–Crippen MR) is 147 cm³/mol. The first-order valence-electron chi connectivity index (χ1n) is 12.3. The fourth-order valence-corrected chi connectivity index (χ4v) is 5.99. The lowest BCUT2D eigenvalue weighted by molar-refractivity contribution is -0.139. The van der Waals surface area contributed by atoms with E-state index in [1.807, 2.05) is 0 Å². The second-order valence-corrected chi connectivity index (χ2v) is 10.4. The molecule has 5 rings (SSSR count). The standard InChI is InChI=1S/C29H22Cl2F3N3O4/c1-3-15-4-11-21-26(39)37(36-25-22(31)12-17(14-35-25)29(32,33)34)27(40)28(21,16-5-7-18(30)8-6-16)24(15)20-10-9-19(41-2)13-23(20)38/h3-10,12-14,21,24,38H,1,11H2,2H3,(H,35,36)/t21-,24+,28+/m0/s1. The normalized spacial score (nSPS) is 22.3. The number of allylic oxidation sites excluding steroid dienone is 3. The molecule has 0 radical (unpaired) electrons. The van der Waals surface area contributed by atoms with Crippen molar-refractivity contribution in [2.75, 3.05) is 12.5 Å². The molecule has 212 valence electrons. The Morgan fingerprint density at radius 3 is 2.46 bits per heavy atom. The van der Waals surface area contributed by atoms with E-state index in [4.69, 9.17) is 27.9 Å². The highest BCUT2D eigenvalue weighted by atomic mass is 35.5. The number of hydrogen-bond acceptors (Lipinski definition) is 6. The first-order chi connectivity index (χ1) is 19.4. The summed E-state index contributed by atoms with van der Waals surface area (Å²) >= 11 is 12.3. The molecule has 0 bridgehead atoms. The van der Waals surface area contributed by atoms with Gasteiger partial charge in [-0.15, -0.1) is 0 Å². The molecule has 2 aliphatic rings. The summed E-state index contributed by atoms with van der Waals surface area (Å²) in [6, 6.07) is 11.7. The number of methoxy groups -OCH3 is 1. The van der Waals surface area contributed by atoms with Crippen molar-refractivity contribution in [2.24, 2.45) is 5.92 Å². The van der Waals surface area contributed by atoms with Gasteiger partial charge in [0.1, 0.15) is 11.5 Å². The molecule has 1 aliphatic carbocycles. The van der Waals surface area contributed by atoms with Crippen molar-refractivity contribution in [2.45, 2.75) is 23.9 Å². The maximum absolute atomic E-state index is 14.6. The van der Waals surface area contributed by atoms with E-state index in [9.17, 15) is 27.9 Å². The molecule has 12 heteroatoms. The monoisotopic (exact) mass is 603 g/mol. The number of anilines is 1. The van der Waals surface area contributed by atoms with Crippen LogP contribution in [-0.4, -0.2) is 34.0 Å². The van der Waals surface area contributed by atoms with E-state index >= 15 is 0 Å². The molecule has 41 heavy (non-hydrogen) atoms. The van der Waals surface area contributed by atoms with Gasteiger partial charge >= 0.3 is 6.18 Å². The lowest BCUT2D eigenvalue weighted by Crippen LogP contribution is -2.48. The number of amides is 2. The molecule has 1 fully saturated rings. The molecule has 1 aliphatic heterocycles. The lowest BCUT2D eigenvalue weighted by atomic mass is 9.56. The SMILES string of the molecule is C=CC1=CC[C@H]2C(=O)N(Nc3ncc(C(F)(F)F)cc3Cl)C(=O)[C@@]2(c2ccc(Cl)cc2)[C@H]1c1ccc(OC)cc1O. The molecule has 3 aromatic rings. The number of nitrogens with one attached hydrogen (secondary N) is 1. The molecule has 7 nitrogen and oxygen atoms in total. The molecule has 2 aromatic carbocycles. The van der Waals surface area contributed by atoms with Gasteiger partial charge in [-0.25, -0.2) is 4.98 Å². The number of rotatable bonds is 6. The van der Waals surface area contributed by atoms with Gasteiger partial charge in [-0.05, 0) is 41.8 Å². The first-order valence-corrected chi connectivity index (χ1v) is 13.0. The Hall–Kier alpha value is -4.02. The largest absolute Gasteiger partial charge is 0.508 e. The smallest absolute Gasteiger partial charge is 0.417 e. The minimum Gasteiger partial charge on any atom is -0.508 e. The number of aromatic nitrogens is 1. The maximum Gasteiger partial charge on any atom is 0.417 e. The summed E-state index contributed by atoms with van der Waals surface area (Å²) in [4.78, 5) is 32.2. The summed E-state index contributed by atoms with van der Waals surface area (Å²) in [5.74, 6) is -3.36. The highest BCUT2D eigenvalue weighted by Gasteiger charge is 2.66. The highest BCUT2D eigenvalue weighted by Crippen LogP contribution is 2.59. The van der Waals surface area contributed by atoms with E-state index < -0.39 is 45.8 Å². The van der Waals surface area contributed by atoms with Crippen molar-refractivity contribution in [3.05, 3.63) is 106 Å². The van der Waals surface area contributed by atoms with Crippen LogP contribution in [0.15, 0.2) is 79.0 Å². The third kappa shape index (κ3) is 4.61. The van der Waals surface area contributed by atoms with Gasteiger partial charge < -0.3 is 9.84 Å². The molecular weight excluding hydrogens is 582 g/mol. The van der Waals surface area contributed by atoms with Gasteiger partial charge in [0.05, 0.1) is 29.0 Å². The number of nitrogens with zero attached hydrogens (tertiary/aromatic N) is 2. The van der Waals surface area contributed by atoms with Crippen LogP contribution in [0.5, 0.6) is 11.5 Å². The number of hydrazine groups is 1. The summed E-state index contributed by atoms with van der Waals surface area (Å²) < 4.78 is 44.7. The molecule has 2 amide bonds. The molecule has 1 saturated heterocycles. The van der Waals surface area contributed by atoms with Crippen molar-refractivity contribution in [1.29, 1.82) is 0 Å². The van der Waals surface area contributed by atoms with Gasteiger partial charge in [0.15, 0.2) is 5.82 Å². The Morgan fingerprint density at radius 2 is 1.88 bits per heavy atom. The van der Waals surface area contributed by atoms with Gasteiger partial charge in [0.25, 0.3) is 11.8 Å². The number of aromatic hydroxyl groups is 1. The number of pyridine rings is 1. The predicted octanol–water partition coefficient (Wildman–Crippen LogP) is 6.67. The van der Waals surface area contributed by atoms with Crippen LogP contribution in [0.25, 0.3) is 0 Å². The Balaban J connectivity index is 1.70. The number of phenols is 1. The number of alkyl halides is 3. The Kier molecular flexibility index (Phi) is 7.25. The van der Waals surface area contributed by atoms with Crippen LogP contribution in [0.2, 0.25) is 10.0 Å². The van der Waals surface area contributed by atoms with E-state index in [2.05, 4.69) is 17.0 Å². The van der Waals surface area contributed by atoms with Crippen LogP contribution >= 0.6 is 23.2 Å². The van der Waals surface area contributed by atoms with E-state index in [1.165, 1.54) is 13.2 Å². The average molecular weight is 604 g/mol. The minimum atomic E-state index is -4.69. The first kappa shape index (κ1) is 28.5. The van der Waals surface area contributed by atoms with Crippen LogP contribution in [-0.2, 0) is 21.2 Å². The summed E-state index contributed by atoms with van der Waals surface area (Å²) in [5.41, 5.74) is 1.22. The van der Waals surface area contributed by atoms with Gasteiger partial charge in [0, 0.05) is 28.8 Å². The minimum absolute atomic E-state index is 0.133. The fraction of sp³-hybridized carbons (Fsp3) is 0.207. The number of benzene rings is 2. The molecule has 3 atom stereocenters. The Labute approximate surface area is 242 Å². The second kappa shape index (κ2) is 10.4. The van der Waals surface area contributed by atoms with Crippen LogP contribution in [0.4, 0.5) is 19.0 Å². The van der Waals surface area contributed by atoms with Crippen LogP contribution in [0.1, 0.15) is 29.0 Å². The number of fused-ring (bicyclic) bond motifs is 1. The zero-order valence-electron chi connectivity index (χ0n) is 21.4. The van der Waals surface area contributed by atoms with E-state index in [-0.39, 0.29) is 18.0 Å². The number of phenolic OH excluding ortho intramolecular Hbond substituents is 1. The third-order valence-electron chi connectivity index (χ3n) is 7.50. The molecule has 2 heterocycles. The number of imide groups is 1. The summed E-state index contributed by atoms with van der Waals surface area (Å²) in [6.45, 7) is 3.91. The molecule has 0 saturated carbocycles.